The van der Waals surface area contributed by atoms with E-state index < -0.39 is 5.82 Å². The van der Waals surface area contributed by atoms with Crippen LogP contribution >= 0.6 is 11.6 Å². The molecule has 4 nitrogen and oxygen atoms in total. The highest BCUT2D eigenvalue weighted by molar-refractivity contribution is 6.30. The maximum absolute atomic E-state index is 13.4. The Morgan fingerprint density at radius 1 is 1.12 bits per heavy atom. The van der Waals surface area contributed by atoms with E-state index in [-0.39, 0.29) is 10.6 Å². The van der Waals surface area contributed by atoms with Crippen molar-refractivity contribution < 1.29 is 4.39 Å². The van der Waals surface area contributed by atoms with Crippen molar-refractivity contribution in [3.8, 4) is 16.9 Å². The van der Waals surface area contributed by atoms with Crippen molar-refractivity contribution in [2.24, 2.45) is 0 Å². The maximum atomic E-state index is 13.4. The van der Waals surface area contributed by atoms with E-state index in [0.29, 0.717) is 11.3 Å². The molecule has 0 saturated heterocycles. The lowest BCUT2D eigenvalue weighted by Crippen LogP contribution is -2.20. The molecule has 0 saturated carbocycles. The van der Waals surface area contributed by atoms with Crippen LogP contribution in [0, 0.1) is 12.7 Å². The van der Waals surface area contributed by atoms with Crippen molar-refractivity contribution in [3.05, 3.63) is 87.8 Å². The van der Waals surface area contributed by atoms with E-state index in [4.69, 9.17) is 11.6 Å². The number of fused-ring (bicyclic) bond motifs is 1. The first-order chi connectivity index (χ1) is 12.0. The second-order valence-electron chi connectivity index (χ2n) is 5.74. The first kappa shape index (κ1) is 15.6. The minimum Gasteiger partial charge on any atom is -0.300 e. The van der Waals surface area contributed by atoms with Gasteiger partial charge < -0.3 is 4.40 Å². The molecule has 4 aromatic rings. The van der Waals surface area contributed by atoms with Gasteiger partial charge in [0.2, 0.25) is 5.65 Å². The molecule has 2 heterocycles. The summed E-state index contributed by atoms with van der Waals surface area (Å²) >= 11 is 5.82. The third-order valence-electron chi connectivity index (χ3n) is 4.12. The molecular formula is C19H13ClFN3O. The number of aromatic nitrogens is 3. The zero-order chi connectivity index (χ0) is 17.6. The SMILES string of the molecule is Cc1ccccc1-c1cn2ccn(-c3ccc(F)c(Cl)c3)c(=O)c2n1. The standard InChI is InChI=1S/C19H13ClFN3O/c1-12-4-2-3-5-14(12)17-11-23-8-9-24(19(25)18(23)22-17)13-6-7-16(21)15(20)10-13/h2-11H,1H3. The van der Waals surface area contributed by atoms with Crippen LogP contribution in [-0.2, 0) is 0 Å². The molecule has 4 rings (SSSR count). The van der Waals surface area contributed by atoms with Crippen LogP contribution in [0.25, 0.3) is 22.6 Å². The Balaban J connectivity index is 1.90. The number of imidazole rings is 1. The molecule has 0 amide bonds. The smallest absolute Gasteiger partial charge is 0.298 e. The van der Waals surface area contributed by atoms with Gasteiger partial charge in [-0.2, -0.15) is 0 Å². The number of hydrogen-bond acceptors (Lipinski definition) is 2. The summed E-state index contributed by atoms with van der Waals surface area (Å²) in [4.78, 5) is 17.3. The number of hydrogen-bond donors (Lipinski definition) is 0. The molecule has 0 aliphatic carbocycles. The Morgan fingerprint density at radius 2 is 1.92 bits per heavy atom. The summed E-state index contributed by atoms with van der Waals surface area (Å²) < 4.78 is 16.4. The van der Waals surface area contributed by atoms with Gasteiger partial charge in [-0.3, -0.25) is 9.36 Å². The summed E-state index contributed by atoms with van der Waals surface area (Å²) in [7, 11) is 0. The highest BCUT2D eigenvalue weighted by Gasteiger charge is 2.12. The molecular weight excluding hydrogens is 341 g/mol. The van der Waals surface area contributed by atoms with Gasteiger partial charge in [0.1, 0.15) is 5.82 Å². The van der Waals surface area contributed by atoms with E-state index in [1.54, 1.807) is 16.8 Å². The molecule has 0 aliphatic heterocycles. The number of benzene rings is 2. The van der Waals surface area contributed by atoms with Crippen molar-refractivity contribution in [2.75, 3.05) is 0 Å². The summed E-state index contributed by atoms with van der Waals surface area (Å²) in [6, 6.07) is 12.0. The summed E-state index contributed by atoms with van der Waals surface area (Å²) in [5, 5.41) is -0.0341. The fourth-order valence-corrected chi connectivity index (χ4v) is 2.98. The molecule has 0 N–H and O–H groups in total. The van der Waals surface area contributed by atoms with Crippen molar-refractivity contribution in [1.82, 2.24) is 14.0 Å². The molecule has 124 valence electrons. The molecule has 0 spiro atoms. The van der Waals surface area contributed by atoms with Crippen molar-refractivity contribution in [2.45, 2.75) is 6.92 Å². The molecule has 0 unspecified atom stereocenters. The van der Waals surface area contributed by atoms with Crippen molar-refractivity contribution >= 4 is 17.2 Å². The minimum atomic E-state index is -0.526. The number of aryl methyl sites for hydroxylation is 1. The van der Waals surface area contributed by atoms with Crippen LogP contribution in [0.5, 0.6) is 0 Å². The largest absolute Gasteiger partial charge is 0.300 e. The summed E-state index contributed by atoms with van der Waals surface area (Å²) in [5.74, 6) is -0.526. The fraction of sp³-hybridized carbons (Fsp3) is 0.0526. The lowest BCUT2D eigenvalue weighted by molar-refractivity contribution is 0.627. The van der Waals surface area contributed by atoms with E-state index in [0.717, 1.165) is 16.8 Å². The molecule has 6 heteroatoms. The Labute approximate surface area is 147 Å². The van der Waals surface area contributed by atoms with Gasteiger partial charge in [0.15, 0.2) is 0 Å². The lowest BCUT2D eigenvalue weighted by atomic mass is 10.1. The molecule has 0 bridgehead atoms. The van der Waals surface area contributed by atoms with Crippen LogP contribution in [0.1, 0.15) is 5.56 Å². The van der Waals surface area contributed by atoms with Gasteiger partial charge in [-0.05, 0) is 30.7 Å². The van der Waals surface area contributed by atoms with Gasteiger partial charge in [-0.15, -0.1) is 0 Å². The topological polar surface area (TPSA) is 39.3 Å². The van der Waals surface area contributed by atoms with Crippen LogP contribution in [-0.4, -0.2) is 14.0 Å². The van der Waals surface area contributed by atoms with Gasteiger partial charge in [-0.25, -0.2) is 9.37 Å². The molecule has 25 heavy (non-hydrogen) atoms. The summed E-state index contributed by atoms with van der Waals surface area (Å²) in [6.07, 6.45) is 5.17. The zero-order valence-electron chi connectivity index (χ0n) is 13.3. The second kappa shape index (κ2) is 5.86. The van der Waals surface area contributed by atoms with Crippen LogP contribution < -0.4 is 5.56 Å². The molecule has 0 atom stereocenters. The molecule has 2 aromatic carbocycles. The van der Waals surface area contributed by atoms with Gasteiger partial charge >= 0.3 is 0 Å². The average Bonchev–Trinajstić information content (AvgIpc) is 3.03. The first-order valence-electron chi connectivity index (χ1n) is 7.66. The summed E-state index contributed by atoms with van der Waals surface area (Å²) in [6.45, 7) is 2.00. The normalized spacial score (nSPS) is 11.2. The van der Waals surface area contributed by atoms with Crippen molar-refractivity contribution in [3.63, 3.8) is 0 Å². The highest BCUT2D eigenvalue weighted by Crippen LogP contribution is 2.22. The van der Waals surface area contributed by atoms with Gasteiger partial charge in [0, 0.05) is 24.2 Å². The maximum Gasteiger partial charge on any atom is 0.298 e. The first-order valence-corrected chi connectivity index (χ1v) is 8.04. The number of rotatable bonds is 2. The van der Waals surface area contributed by atoms with Crippen molar-refractivity contribution in [1.29, 1.82) is 0 Å². The van der Waals surface area contributed by atoms with Crippen LogP contribution in [0.4, 0.5) is 4.39 Å². The monoisotopic (exact) mass is 353 g/mol. The van der Waals surface area contributed by atoms with Crippen LogP contribution in [0.15, 0.2) is 65.8 Å². The average molecular weight is 354 g/mol. The molecule has 0 radical (unpaired) electrons. The lowest BCUT2D eigenvalue weighted by Gasteiger charge is -2.06. The van der Waals surface area contributed by atoms with Gasteiger partial charge in [0.05, 0.1) is 16.4 Å². The van der Waals surface area contributed by atoms with E-state index in [2.05, 4.69) is 4.98 Å². The zero-order valence-corrected chi connectivity index (χ0v) is 14.0. The number of halogens is 2. The number of nitrogens with zero attached hydrogens (tertiary/aromatic N) is 3. The van der Waals surface area contributed by atoms with E-state index in [1.807, 2.05) is 37.4 Å². The second-order valence-corrected chi connectivity index (χ2v) is 6.15. The Kier molecular flexibility index (Phi) is 3.66. The Hall–Kier alpha value is -2.92. The fourth-order valence-electron chi connectivity index (χ4n) is 2.81. The highest BCUT2D eigenvalue weighted by atomic mass is 35.5. The van der Waals surface area contributed by atoms with E-state index in [9.17, 15) is 9.18 Å². The predicted molar refractivity (Wildman–Crippen MR) is 95.9 cm³/mol. The molecule has 2 aromatic heterocycles. The van der Waals surface area contributed by atoms with Gasteiger partial charge in [-0.1, -0.05) is 35.9 Å². The molecule has 0 fully saturated rings. The predicted octanol–water partition coefficient (Wildman–Crippen LogP) is 4.25. The van der Waals surface area contributed by atoms with E-state index >= 15 is 0 Å². The van der Waals surface area contributed by atoms with Crippen LogP contribution in [0.2, 0.25) is 5.02 Å². The Morgan fingerprint density at radius 3 is 2.68 bits per heavy atom. The Bertz CT molecular complexity index is 1160. The van der Waals surface area contributed by atoms with Crippen LogP contribution in [0.3, 0.4) is 0 Å². The molecule has 0 aliphatic rings. The minimum absolute atomic E-state index is 0.0341. The third-order valence-corrected chi connectivity index (χ3v) is 4.41. The quantitative estimate of drug-likeness (QED) is 0.540. The summed E-state index contributed by atoms with van der Waals surface area (Å²) in [5.41, 5.74) is 3.26. The van der Waals surface area contributed by atoms with E-state index in [1.165, 1.54) is 22.8 Å². The van der Waals surface area contributed by atoms with Gasteiger partial charge in [0.25, 0.3) is 5.56 Å². The third kappa shape index (κ3) is 2.62.